The van der Waals surface area contributed by atoms with Crippen LogP contribution in [-0.2, 0) is 9.53 Å². The third-order valence-electron chi connectivity index (χ3n) is 3.44. The van der Waals surface area contributed by atoms with Gasteiger partial charge in [-0.25, -0.2) is 0 Å². The van der Waals surface area contributed by atoms with Crippen LogP contribution in [-0.4, -0.2) is 29.8 Å². The molecule has 0 aromatic heterocycles. The fraction of sp³-hybridized carbons (Fsp3) is 0.917. The van der Waals surface area contributed by atoms with Crippen LogP contribution in [0.4, 0.5) is 0 Å². The SMILES string of the molecule is CCC1CCCCC1OCCC(N)C(=O)O. The number of carboxylic acid groups (broad SMARTS) is 1. The Kier molecular flexibility index (Phi) is 5.77. The normalized spacial score (nSPS) is 27.6. The van der Waals surface area contributed by atoms with Gasteiger partial charge in [0, 0.05) is 6.61 Å². The molecule has 0 aromatic carbocycles. The molecule has 94 valence electrons. The molecule has 3 atom stereocenters. The van der Waals surface area contributed by atoms with Crippen LogP contribution in [0.15, 0.2) is 0 Å². The Bertz CT molecular complexity index is 220. The Labute approximate surface area is 97.2 Å². The number of hydrogen-bond acceptors (Lipinski definition) is 3. The van der Waals surface area contributed by atoms with E-state index in [4.69, 9.17) is 15.6 Å². The van der Waals surface area contributed by atoms with Crippen molar-refractivity contribution in [2.24, 2.45) is 11.7 Å². The van der Waals surface area contributed by atoms with E-state index in [1.807, 2.05) is 0 Å². The van der Waals surface area contributed by atoms with E-state index < -0.39 is 12.0 Å². The Morgan fingerprint density at radius 3 is 2.81 bits per heavy atom. The molecule has 0 radical (unpaired) electrons. The molecule has 0 amide bonds. The van der Waals surface area contributed by atoms with E-state index in [0.29, 0.717) is 25.0 Å². The van der Waals surface area contributed by atoms with Crippen molar-refractivity contribution >= 4 is 5.97 Å². The van der Waals surface area contributed by atoms with Gasteiger partial charge in [0.1, 0.15) is 6.04 Å². The minimum Gasteiger partial charge on any atom is -0.480 e. The number of nitrogens with two attached hydrogens (primary N) is 1. The van der Waals surface area contributed by atoms with Gasteiger partial charge in [-0.2, -0.15) is 0 Å². The molecular weight excluding hydrogens is 206 g/mol. The van der Waals surface area contributed by atoms with Gasteiger partial charge in [0.25, 0.3) is 0 Å². The first-order valence-corrected chi connectivity index (χ1v) is 6.25. The molecule has 0 aliphatic heterocycles. The van der Waals surface area contributed by atoms with E-state index in [2.05, 4.69) is 6.92 Å². The second-order valence-corrected chi connectivity index (χ2v) is 4.60. The molecule has 0 heterocycles. The summed E-state index contributed by atoms with van der Waals surface area (Å²) >= 11 is 0. The minimum absolute atomic E-state index is 0.319. The lowest BCUT2D eigenvalue weighted by Gasteiger charge is -2.30. The second kappa shape index (κ2) is 6.86. The summed E-state index contributed by atoms with van der Waals surface area (Å²) in [5.41, 5.74) is 5.42. The maximum Gasteiger partial charge on any atom is 0.320 e. The molecule has 4 heteroatoms. The van der Waals surface area contributed by atoms with E-state index >= 15 is 0 Å². The average Bonchev–Trinajstić information content (AvgIpc) is 2.29. The van der Waals surface area contributed by atoms with Gasteiger partial charge >= 0.3 is 5.97 Å². The lowest BCUT2D eigenvalue weighted by atomic mass is 9.85. The van der Waals surface area contributed by atoms with Crippen molar-refractivity contribution in [1.82, 2.24) is 0 Å². The number of hydrogen-bond donors (Lipinski definition) is 2. The van der Waals surface area contributed by atoms with Gasteiger partial charge in [0.15, 0.2) is 0 Å². The Hall–Kier alpha value is -0.610. The Morgan fingerprint density at radius 1 is 1.50 bits per heavy atom. The Balaban J connectivity index is 2.22. The quantitative estimate of drug-likeness (QED) is 0.728. The number of carbonyl (C=O) groups is 1. The van der Waals surface area contributed by atoms with Crippen LogP contribution in [0, 0.1) is 5.92 Å². The highest BCUT2D eigenvalue weighted by molar-refractivity contribution is 5.72. The van der Waals surface area contributed by atoms with E-state index in [0.717, 1.165) is 12.8 Å². The highest BCUT2D eigenvalue weighted by Gasteiger charge is 2.24. The molecule has 1 fully saturated rings. The number of rotatable bonds is 6. The van der Waals surface area contributed by atoms with Gasteiger partial charge in [0.05, 0.1) is 6.10 Å². The van der Waals surface area contributed by atoms with Crippen LogP contribution in [0.2, 0.25) is 0 Å². The average molecular weight is 229 g/mol. The van der Waals surface area contributed by atoms with Gasteiger partial charge in [-0.15, -0.1) is 0 Å². The summed E-state index contributed by atoms with van der Waals surface area (Å²) in [6, 6.07) is -0.788. The van der Waals surface area contributed by atoms with Crippen LogP contribution in [0.1, 0.15) is 45.4 Å². The fourth-order valence-corrected chi connectivity index (χ4v) is 2.33. The molecule has 1 rings (SSSR count). The summed E-state index contributed by atoms with van der Waals surface area (Å²) in [5.74, 6) is -0.297. The topological polar surface area (TPSA) is 72.5 Å². The van der Waals surface area contributed by atoms with Crippen molar-refractivity contribution in [3.8, 4) is 0 Å². The van der Waals surface area contributed by atoms with E-state index in [1.165, 1.54) is 19.3 Å². The lowest BCUT2D eigenvalue weighted by Crippen LogP contribution is -2.33. The highest BCUT2D eigenvalue weighted by Crippen LogP contribution is 2.29. The monoisotopic (exact) mass is 229 g/mol. The van der Waals surface area contributed by atoms with Crippen molar-refractivity contribution in [2.45, 2.75) is 57.6 Å². The van der Waals surface area contributed by atoms with Crippen LogP contribution in [0.25, 0.3) is 0 Å². The van der Waals surface area contributed by atoms with Crippen LogP contribution in [0.3, 0.4) is 0 Å². The van der Waals surface area contributed by atoms with Gasteiger partial charge < -0.3 is 15.6 Å². The van der Waals surface area contributed by atoms with Crippen molar-refractivity contribution < 1.29 is 14.6 Å². The van der Waals surface area contributed by atoms with Gasteiger partial charge in [-0.1, -0.05) is 26.2 Å². The van der Waals surface area contributed by atoms with Crippen LogP contribution in [0.5, 0.6) is 0 Å². The van der Waals surface area contributed by atoms with Crippen molar-refractivity contribution in [1.29, 1.82) is 0 Å². The third kappa shape index (κ3) is 4.10. The first-order valence-electron chi connectivity index (χ1n) is 6.25. The number of aliphatic carboxylic acids is 1. The zero-order chi connectivity index (χ0) is 12.0. The summed E-state index contributed by atoms with van der Waals surface area (Å²) < 4.78 is 5.76. The van der Waals surface area contributed by atoms with Crippen molar-refractivity contribution in [2.75, 3.05) is 6.61 Å². The molecule has 1 aliphatic rings. The summed E-state index contributed by atoms with van der Waals surface area (Å²) in [4.78, 5) is 10.5. The fourth-order valence-electron chi connectivity index (χ4n) is 2.33. The molecular formula is C12H23NO3. The molecule has 3 N–H and O–H groups in total. The van der Waals surface area contributed by atoms with Crippen molar-refractivity contribution in [3.63, 3.8) is 0 Å². The first kappa shape index (κ1) is 13.5. The van der Waals surface area contributed by atoms with E-state index in [-0.39, 0.29) is 0 Å². The summed E-state index contributed by atoms with van der Waals surface area (Å²) in [5, 5.41) is 8.64. The van der Waals surface area contributed by atoms with Gasteiger partial charge in [-0.05, 0) is 25.2 Å². The number of ether oxygens (including phenoxy) is 1. The standard InChI is InChI=1S/C12H23NO3/c1-2-9-5-3-4-6-11(9)16-8-7-10(13)12(14)15/h9-11H,2-8,13H2,1H3,(H,14,15). The van der Waals surface area contributed by atoms with E-state index in [9.17, 15) is 4.79 Å². The maximum atomic E-state index is 10.5. The first-order chi connectivity index (χ1) is 7.65. The second-order valence-electron chi connectivity index (χ2n) is 4.60. The largest absolute Gasteiger partial charge is 0.480 e. The smallest absolute Gasteiger partial charge is 0.320 e. The molecule has 1 aliphatic carbocycles. The maximum absolute atomic E-state index is 10.5. The molecule has 3 unspecified atom stereocenters. The van der Waals surface area contributed by atoms with Gasteiger partial charge in [-0.3, -0.25) is 4.79 Å². The van der Waals surface area contributed by atoms with Crippen LogP contribution >= 0.6 is 0 Å². The minimum atomic E-state index is -0.945. The summed E-state index contributed by atoms with van der Waals surface area (Å²) in [6.45, 7) is 2.66. The Morgan fingerprint density at radius 2 is 2.19 bits per heavy atom. The van der Waals surface area contributed by atoms with Crippen LogP contribution < -0.4 is 5.73 Å². The number of carboxylic acids is 1. The van der Waals surface area contributed by atoms with Gasteiger partial charge in [0.2, 0.25) is 0 Å². The predicted molar refractivity (Wildman–Crippen MR) is 62.2 cm³/mol. The zero-order valence-electron chi connectivity index (χ0n) is 10.0. The van der Waals surface area contributed by atoms with E-state index in [1.54, 1.807) is 0 Å². The van der Waals surface area contributed by atoms with Crippen molar-refractivity contribution in [3.05, 3.63) is 0 Å². The third-order valence-corrected chi connectivity index (χ3v) is 3.44. The summed E-state index contributed by atoms with van der Waals surface area (Å²) in [6.07, 6.45) is 6.75. The molecule has 4 nitrogen and oxygen atoms in total. The molecule has 0 bridgehead atoms. The summed E-state index contributed by atoms with van der Waals surface area (Å²) in [7, 11) is 0. The molecule has 0 saturated heterocycles. The molecule has 0 aromatic rings. The molecule has 0 spiro atoms. The molecule has 16 heavy (non-hydrogen) atoms. The lowest BCUT2D eigenvalue weighted by molar-refractivity contribution is -0.139. The molecule has 1 saturated carbocycles. The predicted octanol–water partition coefficient (Wildman–Crippen LogP) is 1.77. The zero-order valence-corrected chi connectivity index (χ0v) is 10.0. The highest BCUT2D eigenvalue weighted by atomic mass is 16.5.